The molecule has 0 unspecified atom stereocenters. The molecule has 0 saturated carbocycles. The lowest BCUT2D eigenvalue weighted by atomic mass is 10.2. The first-order valence-electron chi connectivity index (χ1n) is 10.1. The molecular weight excluding hydrogens is 430 g/mol. The number of amides is 4. The van der Waals surface area contributed by atoms with Crippen molar-refractivity contribution in [2.45, 2.75) is 13.8 Å². The predicted molar refractivity (Wildman–Crippen MR) is 118 cm³/mol. The molecular formula is C24H20F2N4O3. The Morgan fingerprint density at radius 3 is 2.45 bits per heavy atom. The number of aromatic nitrogens is 1. The Hall–Kier alpha value is -4.27. The van der Waals surface area contributed by atoms with Gasteiger partial charge in [-0.1, -0.05) is 12.1 Å². The van der Waals surface area contributed by atoms with E-state index in [-0.39, 0.29) is 17.2 Å². The van der Waals surface area contributed by atoms with Crippen molar-refractivity contribution in [1.82, 2.24) is 14.8 Å². The minimum Gasteiger partial charge on any atom is -0.322 e. The molecule has 0 bridgehead atoms. The van der Waals surface area contributed by atoms with Crippen molar-refractivity contribution in [3.05, 3.63) is 88.9 Å². The predicted octanol–water partition coefficient (Wildman–Crippen LogP) is 3.90. The zero-order chi connectivity index (χ0) is 23.7. The molecule has 168 valence electrons. The monoisotopic (exact) mass is 450 g/mol. The van der Waals surface area contributed by atoms with Gasteiger partial charge >= 0.3 is 6.03 Å². The van der Waals surface area contributed by atoms with Crippen molar-refractivity contribution in [3.8, 4) is 5.69 Å². The normalized spacial score (nSPS) is 14.7. The largest absolute Gasteiger partial charge is 0.329 e. The van der Waals surface area contributed by atoms with E-state index in [0.717, 1.165) is 22.0 Å². The lowest BCUT2D eigenvalue weighted by Gasteiger charge is -2.12. The van der Waals surface area contributed by atoms with E-state index >= 15 is 0 Å². The standard InChI is InChI=1S/C24H20F2N4O3/c1-14-11-16(15(2)30(14)18-9-7-17(25)8-10-18)12-21-23(32)29(24(33)28-21)13-22(31)27-20-6-4-3-5-19(20)26/h3-12H,13H2,1-2H3,(H,27,31)(H,28,33)/b21-12+. The van der Waals surface area contributed by atoms with Crippen LogP contribution in [0.15, 0.2) is 60.3 Å². The Labute approximate surface area is 188 Å². The third-order valence-electron chi connectivity index (χ3n) is 5.27. The van der Waals surface area contributed by atoms with E-state index in [9.17, 15) is 23.2 Å². The Bertz CT molecular complexity index is 1300. The number of halogens is 2. The average Bonchev–Trinajstić information content (AvgIpc) is 3.20. The number of urea groups is 1. The maximum atomic E-state index is 13.7. The molecule has 1 fully saturated rings. The molecule has 1 aliphatic rings. The number of aryl methyl sites for hydroxylation is 1. The van der Waals surface area contributed by atoms with E-state index < -0.39 is 30.2 Å². The highest BCUT2D eigenvalue weighted by molar-refractivity contribution is 6.16. The smallest absolute Gasteiger partial charge is 0.322 e. The second kappa shape index (κ2) is 8.70. The fourth-order valence-corrected chi connectivity index (χ4v) is 3.69. The summed E-state index contributed by atoms with van der Waals surface area (Å²) < 4.78 is 28.9. The van der Waals surface area contributed by atoms with Gasteiger partial charge in [-0.25, -0.2) is 18.5 Å². The van der Waals surface area contributed by atoms with Crippen LogP contribution in [-0.2, 0) is 9.59 Å². The van der Waals surface area contributed by atoms with Gasteiger partial charge in [0.15, 0.2) is 0 Å². The van der Waals surface area contributed by atoms with Crippen molar-refractivity contribution >= 4 is 29.6 Å². The van der Waals surface area contributed by atoms with Crippen LogP contribution in [0.1, 0.15) is 17.0 Å². The van der Waals surface area contributed by atoms with E-state index in [4.69, 9.17) is 0 Å². The summed E-state index contributed by atoms with van der Waals surface area (Å²) in [5, 5.41) is 4.82. The Balaban J connectivity index is 1.53. The summed E-state index contributed by atoms with van der Waals surface area (Å²) in [6.45, 7) is 3.14. The molecule has 1 saturated heterocycles. The summed E-state index contributed by atoms with van der Waals surface area (Å²) >= 11 is 0. The van der Waals surface area contributed by atoms with Crippen LogP contribution in [0, 0.1) is 25.5 Å². The first-order chi connectivity index (χ1) is 15.7. The molecule has 0 aliphatic carbocycles. The number of nitrogens with one attached hydrogen (secondary N) is 2. The maximum Gasteiger partial charge on any atom is 0.329 e. The fourth-order valence-electron chi connectivity index (χ4n) is 3.69. The van der Waals surface area contributed by atoms with Gasteiger partial charge < -0.3 is 15.2 Å². The fraction of sp³-hybridized carbons (Fsp3) is 0.125. The number of hydrogen-bond acceptors (Lipinski definition) is 3. The molecule has 2 N–H and O–H groups in total. The highest BCUT2D eigenvalue weighted by atomic mass is 19.1. The van der Waals surface area contributed by atoms with Crippen LogP contribution in [0.2, 0.25) is 0 Å². The number of carbonyl (C=O) groups excluding carboxylic acids is 3. The number of rotatable bonds is 5. The highest BCUT2D eigenvalue weighted by Gasteiger charge is 2.35. The van der Waals surface area contributed by atoms with Crippen LogP contribution < -0.4 is 10.6 Å². The van der Waals surface area contributed by atoms with Crippen LogP contribution in [0.5, 0.6) is 0 Å². The van der Waals surface area contributed by atoms with Crippen molar-refractivity contribution < 1.29 is 23.2 Å². The van der Waals surface area contributed by atoms with E-state index in [1.54, 1.807) is 18.2 Å². The van der Waals surface area contributed by atoms with Crippen molar-refractivity contribution in [1.29, 1.82) is 0 Å². The molecule has 0 radical (unpaired) electrons. The molecule has 2 aromatic carbocycles. The number of benzene rings is 2. The van der Waals surface area contributed by atoms with Crippen LogP contribution in [0.25, 0.3) is 11.8 Å². The van der Waals surface area contributed by atoms with Gasteiger partial charge in [0.05, 0.1) is 5.69 Å². The van der Waals surface area contributed by atoms with E-state index in [2.05, 4.69) is 10.6 Å². The lowest BCUT2D eigenvalue weighted by Crippen LogP contribution is -2.38. The van der Waals surface area contributed by atoms with Crippen LogP contribution >= 0.6 is 0 Å². The number of para-hydroxylation sites is 1. The molecule has 4 amide bonds. The quantitative estimate of drug-likeness (QED) is 0.457. The van der Waals surface area contributed by atoms with E-state index in [1.165, 1.54) is 36.4 Å². The topological polar surface area (TPSA) is 83.4 Å². The Kier molecular flexibility index (Phi) is 5.78. The molecule has 1 aromatic heterocycles. The van der Waals surface area contributed by atoms with Crippen LogP contribution in [-0.4, -0.2) is 33.9 Å². The summed E-state index contributed by atoms with van der Waals surface area (Å²) in [4.78, 5) is 38.1. The molecule has 7 nitrogen and oxygen atoms in total. The molecule has 3 aromatic rings. The molecule has 0 atom stereocenters. The number of anilines is 1. The first-order valence-corrected chi connectivity index (χ1v) is 10.1. The Morgan fingerprint density at radius 1 is 1.06 bits per heavy atom. The summed E-state index contributed by atoms with van der Waals surface area (Å²) in [6.07, 6.45) is 1.53. The third kappa shape index (κ3) is 4.38. The Morgan fingerprint density at radius 2 is 1.76 bits per heavy atom. The second-order valence-electron chi connectivity index (χ2n) is 7.55. The zero-order valence-corrected chi connectivity index (χ0v) is 17.9. The molecule has 2 heterocycles. The maximum absolute atomic E-state index is 13.7. The number of carbonyl (C=O) groups is 3. The SMILES string of the molecule is Cc1cc(/C=C2/NC(=O)N(CC(=O)Nc3ccccc3F)C2=O)c(C)n1-c1ccc(F)cc1. The summed E-state index contributed by atoms with van der Waals surface area (Å²) in [6, 6.07) is 12.7. The number of imide groups is 1. The third-order valence-corrected chi connectivity index (χ3v) is 5.27. The molecule has 1 aliphatic heterocycles. The van der Waals surface area contributed by atoms with Gasteiger partial charge in [0.2, 0.25) is 5.91 Å². The minimum atomic E-state index is -0.748. The van der Waals surface area contributed by atoms with Gasteiger partial charge in [-0.2, -0.15) is 0 Å². The van der Waals surface area contributed by atoms with Gasteiger partial charge in [-0.15, -0.1) is 0 Å². The van der Waals surface area contributed by atoms with Crippen molar-refractivity contribution in [2.24, 2.45) is 0 Å². The second-order valence-corrected chi connectivity index (χ2v) is 7.55. The van der Waals surface area contributed by atoms with E-state index in [0.29, 0.717) is 5.56 Å². The van der Waals surface area contributed by atoms with Crippen molar-refractivity contribution in [2.75, 3.05) is 11.9 Å². The summed E-state index contributed by atoms with van der Waals surface area (Å²) in [7, 11) is 0. The zero-order valence-electron chi connectivity index (χ0n) is 17.9. The van der Waals surface area contributed by atoms with Crippen molar-refractivity contribution in [3.63, 3.8) is 0 Å². The van der Waals surface area contributed by atoms with Gasteiger partial charge in [-0.3, -0.25) is 9.59 Å². The first kappa shape index (κ1) is 21.9. The molecule has 33 heavy (non-hydrogen) atoms. The van der Waals surface area contributed by atoms with Crippen LogP contribution in [0.4, 0.5) is 19.3 Å². The lowest BCUT2D eigenvalue weighted by molar-refractivity contribution is -0.127. The van der Waals surface area contributed by atoms with E-state index in [1.807, 2.05) is 24.5 Å². The van der Waals surface area contributed by atoms with Gasteiger partial charge in [0.25, 0.3) is 5.91 Å². The van der Waals surface area contributed by atoms with Gasteiger partial charge in [-0.05, 0) is 68.0 Å². The van der Waals surface area contributed by atoms with Gasteiger partial charge in [0, 0.05) is 17.1 Å². The highest BCUT2D eigenvalue weighted by Crippen LogP contribution is 2.24. The number of nitrogens with zero attached hydrogens (tertiary/aromatic N) is 2. The van der Waals surface area contributed by atoms with Gasteiger partial charge in [0.1, 0.15) is 23.9 Å². The number of hydrogen-bond donors (Lipinski definition) is 2. The minimum absolute atomic E-state index is 0.0121. The molecule has 9 heteroatoms. The average molecular weight is 450 g/mol. The summed E-state index contributed by atoms with van der Waals surface area (Å²) in [5.41, 5.74) is 3.03. The summed E-state index contributed by atoms with van der Waals surface area (Å²) in [5.74, 6) is -2.35. The molecule has 0 spiro atoms. The van der Waals surface area contributed by atoms with Crippen LogP contribution in [0.3, 0.4) is 0 Å². The molecule has 4 rings (SSSR count).